The van der Waals surface area contributed by atoms with Gasteiger partial charge in [0, 0.05) is 0 Å². The van der Waals surface area contributed by atoms with E-state index in [0.29, 0.717) is 6.42 Å². The van der Waals surface area contributed by atoms with Crippen LogP contribution in [0.2, 0.25) is 0 Å². The number of aliphatic hydroxyl groups excluding tert-OH is 3. The second-order valence-electron chi connectivity index (χ2n) is 16.7. The number of nitrogens with one attached hydrogen (secondary N) is 1. The minimum absolute atomic E-state index is 0.363. The van der Waals surface area contributed by atoms with Gasteiger partial charge in [0.1, 0.15) is 6.10 Å². The summed E-state index contributed by atoms with van der Waals surface area (Å²) < 4.78 is 0. The minimum atomic E-state index is -1.10. The summed E-state index contributed by atoms with van der Waals surface area (Å²) >= 11 is 0. The van der Waals surface area contributed by atoms with E-state index in [1.807, 2.05) is 6.08 Å². The smallest absolute Gasteiger partial charge is 0.249 e. The van der Waals surface area contributed by atoms with E-state index in [0.717, 1.165) is 32.1 Å². The third-order valence-electron chi connectivity index (χ3n) is 11.3. The van der Waals surface area contributed by atoms with Crippen LogP contribution in [0, 0.1) is 0 Å². The molecule has 4 N–H and O–H groups in total. The lowest BCUT2D eigenvalue weighted by Crippen LogP contribution is -2.48. The van der Waals surface area contributed by atoms with Gasteiger partial charge < -0.3 is 20.6 Å². The van der Waals surface area contributed by atoms with Crippen molar-refractivity contribution in [3.63, 3.8) is 0 Å². The summed E-state index contributed by atoms with van der Waals surface area (Å²) in [5, 5.41) is 33.2. The van der Waals surface area contributed by atoms with Crippen LogP contribution < -0.4 is 5.32 Å². The van der Waals surface area contributed by atoms with E-state index in [4.69, 9.17) is 0 Å². The number of rotatable bonds is 44. The van der Waals surface area contributed by atoms with Crippen molar-refractivity contribution in [2.24, 2.45) is 0 Å². The van der Waals surface area contributed by atoms with Crippen LogP contribution in [0.3, 0.4) is 0 Å². The summed E-state index contributed by atoms with van der Waals surface area (Å²) in [6, 6.07) is -0.798. The molecule has 3 unspecified atom stereocenters. The summed E-state index contributed by atoms with van der Waals surface area (Å²) in [7, 11) is 0. The Morgan fingerprint density at radius 1 is 0.444 bits per heavy atom. The Labute approximate surface area is 337 Å². The molecule has 54 heavy (non-hydrogen) atoms. The lowest BCUT2D eigenvalue weighted by Gasteiger charge is -2.21. The molecule has 320 valence electrons. The van der Waals surface area contributed by atoms with Crippen molar-refractivity contribution in [3.05, 3.63) is 24.3 Å². The highest BCUT2D eigenvalue weighted by Crippen LogP contribution is 2.16. The minimum Gasteiger partial charge on any atom is -0.394 e. The van der Waals surface area contributed by atoms with Crippen molar-refractivity contribution in [1.29, 1.82) is 0 Å². The molecule has 0 aliphatic rings. The predicted octanol–water partition coefficient (Wildman–Crippen LogP) is 14.2. The van der Waals surface area contributed by atoms with Crippen LogP contribution in [-0.4, -0.2) is 46.1 Å². The number of hydrogen-bond donors (Lipinski definition) is 4. The van der Waals surface area contributed by atoms with Crippen LogP contribution in [0.25, 0.3) is 0 Å². The SMILES string of the molecule is CCCCCCCCCCC/C=C\CCCCCCCCC(O)C(=O)NC(CO)C(O)/C=C/CCCCCCCCCCCCCCCCCCCCC. The molecule has 0 heterocycles. The number of aliphatic hydroxyl groups is 3. The topological polar surface area (TPSA) is 89.8 Å². The molecule has 0 aliphatic heterocycles. The van der Waals surface area contributed by atoms with Crippen LogP contribution in [0.5, 0.6) is 0 Å². The van der Waals surface area contributed by atoms with Gasteiger partial charge in [-0.15, -0.1) is 0 Å². The van der Waals surface area contributed by atoms with E-state index in [-0.39, 0.29) is 6.61 Å². The molecule has 0 rings (SSSR count). The fourth-order valence-electron chi connectivity index (χ4n) is 7.47. The summed E-state index contributed by atoms with van der Waals surface area (Å²) in [6.45, 7) is 4.20. The van der Waals surface area contributed by atoms with Crippen LogP contribution >= 0.6 is 0 Å². The van der Waals surface area contributed by atoms with Gasteiger partial charge in [-0.05, 0) is 44.9 Å². The lowest BCUT2D eigenvalue weighted by molar-refractivity contribution is -0.131. The molecule has 0 aromatic rings. The Balaban J connectivity index is 3.64. The van der Waals surface area contributed by atoms with Crippen LogP contribution in [0.15, 0.2) is 24.3 Å². The number of hydrogen-bond acceptors (Lipinski definition) is 4. The van der Waals surface area contributed by atoms with Gasteiger partial charge in [0.2, 0.25) is 5.91 Å². The average Bonchev–Trinajstić information content (AvgIpc) is 3.18. The van der Waals surface area contributed by atoms with Crippen molar-refractivity contribution in [1.82, 2.24) is 5.32 Å². The van der Waals surface area contributed by atoms with Crippen molar-refractivity contribution in [3.8, 4) is 0 Å². The van der Waals surface area contributed by atoms with E-state index in [9.17, 15) is 20.1 Å². The Kier molecular flexibility index (Phi) is 43.6. The number of carbonyl (C=O) groups is 1. The van der Waals surface area contributed by atoms with E-state index in [1.165, 1.54) is 205 Å². The highest BCUT2D eigenvalue weighted by Gasteiger charge is 2.22. The standard InChI is InChI=1S/C49H95NO4/c1-3-5-7-9-11-13-15-17-19-21-23-24-26-27-29-31-33-35-37-39-41-43-47(52)46(45-51)50-49(54)48(53)44-42-40-38-36-34-32-30-28-25-22-20-18-16-14-12-10-8-6-4-2/h25,28,41,43,46-48,51-53H,3-24,26-27,29-40,42,44-45H2,1-2H3,(H,50,54)/b28-25-,43-41+. The molecule has 5 heteroatoms. The molecule has 0 bridgehead atoms. The zero-order chi connectivity index (χ0) is 39.4. The van der Waals surface area contributed by atoms with Crippen LogP contribution in [-0.2, 0) is 4.79 Å². The van der Waals surface area contributed by atoms with Gasteiger partial charge in [-0.25, -0.2) is 0 Å². The molecule has 0 fully saturated rings. The Hall–Kier alpha value is -1.17. The summed E-state index contributed by atoms with van der Waals surface area (Å²) in [4.78, 5) is 12.5. The van der Waals surface area contributed by atoms with E-state index in [1.54, 1.807) is 6.08 Å². The maximum atomic E-state index is 12.5. The van der Waals surface area contributed by atoms with Gasteiger partial charge in [0.25, 0.3) is 0 Å². The van der Waals surface area contributed by atoms with Gasteiger partial charge in [-0.2, -0.15) is 0 Å². The van der Waals surface area contributed by atoms with E-state index < -0.39 is 24.2 Å². The molecule has 0 saturated heterocycles. The van der Waals surface area contributed by atoms with Gasteiger partial charge in [0.15, 0.2) is 0 Å². The van der Waals surface area contributed by atoms with E-state index >= 15 is 0 Å². The fourth-order valence-corrected chi connectivity index (χ4v) is 7.47. The highest BCUT2D eigenvalue weighted by atomic mass is 16.3. The second kappa shape index (κ2) is 44.5. The lowest BCUT2D eigenvalue weighted by atomic mass is 10.0. The molecule has 0 radical (unpaired) electrons. The van der Waals surface area contributed by atoms with Crippen LogP contribution in [0.1, 0.15) is 258 Å². The molecule has 0 aromatic heterocycles. The first-order valence-electron chi connectivity index (χ1n) is 24.2. The number of amides is 1. The third kappa shape index (κ3) is 39.1. The molecule has 0 aromatic carbocycles. The molecule has 0 spiro atoms. The summed E-state index contributed by atoms with van der Waals surface area (Å²) in [5.74, 6) is -0.505. The first kappa shape index (κ1) is 52.8. The van der Waals surface area contributed by atoms with Crippen molar-refractivity contribution >= 4 is 5.91 Å². The predicted molar refractivity (Wildman–Crippen MR) is 236 cm³/mol. The van der Waals surface area contributed by atoms with Crippen molar-refractivity contribution < 1.29 is 20.1 Å². The Morgan fingerprint density at radius 3 is 1.07 bits per heavy atom. The zero-order valence-electron chi connectivity index (χ0n) is 36.4. The molecule has 0 saturated carbocycles. The second-order valence-corrected chi connectivity index (χ2v) is 16.7. The quantitative estimate of drug-likeness (QED) is 0.0368. The Morgan fingerprint density at radius 2 is 0.741 bits per heavy atom. The van der Waals surface area contributed by atoms with Crippen LogP contribution in [0.4, 0.5) is 0 Å². The molecule has 5 nitrogen and oxygen atoms in total. The summed E-state index contributed by atoms with van der Waals surface area (Å²) in [5.41, 5.74) is 0. The molecular weight excluding hydrogens is 667 g/mol. The number of carbonyl (C=O) groups excluding carboxylic acids is 1. The average molecular weight is 762 g/mol. The first-order valence-corrected chi connectivity index (χ1v) is 24.2. The monoisotopic (exact) mass is 762 g/mol. The van der Waals surface area contributed by atoms with Gasteiger partial charge >= 0.3 is 0 Å². The molecule has 1 amide bonds. The number of allylic oxidation sites excluding steroid dienone is 3. The molecule has 0 aliphatic carbocycles. The first-order chi connectivity index (χ1) is 26.6. The highest BCUT2D eigenvalue weighted by molar-refractivity contribution is 5.80. The Bertz CT molecular complexity index is 799. The largest absolute Gasteiger partial charge is 0.394 e. The van der Waals surface area contributed by atoms with Gasteiger partial charge in [-0.3, -0.25) is 4.79 Å². The molecular formula is C49H95NO4. The van der Waals surface area contributed by atoms with E-state index in [2.05, 4.69) is 31.3 Å². The normalized spacial score (nSPS) is 13.6. The number of unbranched alkanes of at least 4 members (excludes halogenated alkanes) is 34. The maximum Gasteiger partial charge on any atom is 0.249 e. The third-order valence-corrected chi connectivity index (χ3v) is 11.3. The summed E-state index contributed by atoms with van der Waals surface area (Å²) in [6.07, 6.45) is 55.0. The fraction of sp³-hybridized carbons (Fsp3) is 0.898. The zero-order valence-corrected chi connectivity index (χ0v) is 36.4. The van der Waals surface area contributed by atoms with Gasteiger partial charge in [0.05, 0.1) is 18.8 Å². The van der Waals surface area contributed by atoms with Crippen molar-refractivity contribution in [2.75, 3.05) is 6.61 Å². The molecule has 3 atom stereocenters. The van der Waals surface area contributed by atoms with Gasteiger partial charge in [-0.1, -0.05) is 237 Å². The van der Waals surface area contributed by atoms with Crippen molar-refractivity contribution in [2.45, 2.75) is 276 Å². The maximum absolute atomic E-state index is 12.5.